The number of fused-ring (bicyclic) bond motifs is 2. The first-order valence-corrected chi connectivity index (χ1v) is 15.2. The third kappa shape index (κ3) is 5.81. The van der Waals surface area contributed by atoms with Gasteiger partial charge in [0.25, 0.3) is 11.5 Å². The van der Waals surface area contributed by atoms with Crippen molar-refractivity contribution in [1.29, 1.82) is 0 Å². The van der Waals surface area contributed by atoms with Crippen LogP contribution in [0.3, 0.4) is 0 Å². The first-order valence-electron chi connectivity index (χ1n) is 14.2. The maximum atomic E-state index is 13.8. The standard InChI is InChI=1S/C31H35N5O2S/c37-29(32-18-17-21-9-3-1-4-10-21)22-15-16-24-27(19-22)35-31(36(30(24)38)23-11-5-2-6-12-23)39-20-28-33-25-13-7-8-14-26(25)34-28/h7-9,13-16,19,23H,1-6,10-12,17-18,20H2,(H,32,37)(H,33,34). The van der Waals surface area contributed by atoms with Gasteiger partial charge in [-0.25, -0.2) is 9.97 Å². The minimum atomic E-state index is -0.122. The Kier molecular flexibility index (Phi) is 7.81. The molecule has 4 aromatic rings. The number of aromatic amines is 1. The van der Waals surface area contributed by atoms with Crippen LogP contribution in [0.25, 0.3) is 21.9 Å². The van der Waals surface area contributed by atoms with Gasteiger partial charge in [0.05, 0.1) is 27.7 Å². The van der Waals surface area contributed by atoms with Crippen LogP contribution >= 0.6 is 11.8 Å². The fourth-order valence-electron chi connectivity index (χ4n) is 5.86. The molecule has 7 nitrogen and oxygen atoms in total. The van der Waals surface area contributed by atoms with E-state index in [1.165, 1.54) is 36.6 Å². The van der Waals surface area contributed by atoms with Crippen molar-refractivity contribution in [2.75, 3.05) is 6.54 Å². The van der Waals surface area contributed by atoms with Gasteiger partial charge in [-0.2, -0.15) is 0 Å². The van der Waals surface area contributed by atoms with Gasteiger partial charge in [0.1, 0.15) is 5.82 Å². The molecular weight excluding hydrogens is 506 g/mol. The molecule has 2 aromatic heterocycles. The van der Waals surface area contributed by atoms with Crippen molar-refractivity contribution in [3.8, 4) is 0 Å². The number of aromatic nitrogens is 4. The van der Waals surface area contributed by atoms with Crippen LogP contribution in [0.4, 0.5) is 0 Å². The lowest BCUT2D eigenvalue weighted by Gasteiger charge is -2.26. The van der Waals surface area contributed by atoms with Crippen LogP contribution in [0.15, 0.2) is 64.1 Å². The SMILES string of the molecule is O=C(NCCC1=CCCCC1)c1ccc2c(=O)n(C3CCCCC3)c(SCc3nc4ccccc4[nH]3)nc2c1. The molecule has 0 aliphatic heterocycles. The third-order valence-corrected chi connectivity index (χ3v) is 8.93. The average Bonchev–Trinajstić information content (AvgIpc) is 3.40. The van der Waals surface area contributed by atoms with E-state index in [0.29, 0.717) is 33.9 Å². The summed E-state index contributed by atoms with van der Waals surface area (Å²) in [5.74, 6) is 1.31. The van der Waals surface area contributed by atoms with Crippen molar-refractivity contribution in [1.82, 2.24) is 24.8 Å². The Hall–Kier alpha value is -3.39. The smallest absolute Gasteiger partial charge is 0.262 e. The summed E-state index contributed by atoms with van der Waals surface area (Å²) < 4.78 is 1.91. The van der Waals surface area contributed by atoms with Gasteiger partial charge in [-0.1, -0.05) is 54.8 Å². The Morgan fingerprint density at radius 3 is 2.72 bits per heavy atom. The number of amides is 1. The largest absolute Gasteiger partial charge is 0.352 e. The summed E-state index contributed by atoms with van der Waals surface area (Å²) in [6.07, 6.45) is 13.4. The van der Waals surface area contributed by atoms with E-state index in [0.717, 1.165) is 61.8 Å². The third-order valence-electron chi connectivity index (χ3n) is 7.96. The number of carbonyl (C=O) groups is 1. The van der Waals surface area contributed by atoms with Gasteiger partial charge in [0, 0.05) is 18.2 Å². The maximum absolute atomic E-state index is 13.8. The van der Waals surface area contributed by atoms with Gasteiger partial charge in [0.15, 0.2) is 5.16 Å². The summed E-state index contributed by atoms with van der Waals surface area (Å²) in [6.45, 7) is 0.623. The van der Waals surface area contributed by atoms with E-state index >= 15 is 0 Å². The van der Waals surface area contributed by atoms with E-state index in [1.807, 2.05) is 28.8 Å². The number of benzene rings is 2. The lowest BCUT2D eigenvalue weighted by molar-refractivity contribution is 0.0954. The van der Waals surface area contributed by atoms with E-state index in [1.54, 1.807) is 18.2 Å². The van der Waals surface area contributed by atoms with Crippen LogP contribution in [0.5, 0.6) is 0 Å². The maximum Gasteiger partial charge on any atom is 0.262 e. The minimum absolute atomic E-state index is 0.0183. The Labute approximate surface area is 232 Å². The molecule has 0 spiro atoms. The van der Waals surface area contributed by atoms with Crippen molar-refractivity contribution in [3.05, 3.63) is 75.9 Å². The van der Waals surface area contributed by atoms with Crippen molar-refractivity contribution in [2.24, 2.45) is 0 Å². The lowest BCUT2D eigenvalue weighted by atomic mass is 9.95. The van der Waals surface area contributed by atoms with Gasteiger partial charge in [-0.3, -0.25) is 14.2 Å². The summed E-state index contributed by atoms with van der Waals surface area (Å²) in [5, 5.41) is 4.32. The number of hydrogen-bond donors (Lipinski definition) is 2. The molecule has 0 saturated heterocycles. The number of thioether (sulfide) groups is 1. The highest BCUT2D eigenvalue weighted by Gasteiger charge is 2.23. The lowest BCUT2D eigenvalue weighted by Crippen LogP contribution is -2.29. The fraction of sp³-hybridized carbons (Fsp3) is 0.419. The van der Waals surface area contributed by atoms with Crippen LogP contribution in [0, 0.1) is 0 Å². The Bertz CT molecular complexity index is 1550. The molecule has 1 amide bonds. The molecule has 2 aromatic carbocycles. The topological polar surface area (TPSA) is 92.7 Å². The van der Waals surface area contributed by atoms with Crippen molar-refractivity contribution >= 4 is 39.6 Å². The van der Waals surface area contributed by atoms with Crippen molar-refractivity contribution in [2.45, 2.75) is 81.2 Å². The Balaban J connectivity index is 1.27. The molecule has 2 aliphatic rings. The predicted octanol–water partition coefficient (Wildman–Crippen LogP) is 6.69. The van der Waals surface area contributed by atoms with E-state index in [4.69, 9.17) is 9.97 Å². The molecule has 1 saturated carbocycles. The summed E-state index contributed by atoms with van der Waals surface area (Å²) in [7, 11) is 0. The number of carbonyl (C=O) groups excluding carboxylic acids is 1. The highest BCUT2D eigenvalue weighted by atomic mass is 32.2. The highest BCUT2D eigenvalue weighted by molar-refractivity contribution is 7.98. The zero-order valence-corrected chi connectivity index (χ0v) is 23.1. The van der Waals surface area contributed by atoms with Crippen LogP contribution in [0.2, 0.25) is 0 Å². The first kappa shape index (κ1) is 25.9. The number of nitrogens with zero attached hydrogens (tertiary/aromatic N) is 3. The van der Waals surface area contributed by atoms with Gasteiger partial charge < -0.3 is 10.3 Å². The Morgan fingerprint density at radius 1 is 1.03 bits per heavy atom. The quantitative estimate of drug-likeness (QED) is 0.147. The molecule has 1 fully saturated rings. The van der Waals surface area contributed by atoms with Gasteiger partial charge in [-0.05, 0) is 75.3 Å². The summed E-state index contributed by atoms with van der Waals surface area (Å²) in [5.41, 5.74) is 4.46. The second-order valence-corrected chi connectivity index (χ2v) is 11.6. The van der Waals surface area contributed by atoms with Gasteiger partial charge in [0.2, 0.25) is 0 Å². The molecule has 0 bridgehead atoms. The molecule has 2 heterocycles. The average molecular weight is 542 g/mol. The Morgan fingerprint density at radius 2 is 1.90 bits per heavy atom. The molecule has 8 heteroatoms. The summed E-state index contributed by atoms with van der Waals surface area (Å²) in [6, 6.07) is 13.4. The van der Waals surface area contributed by atoms with Gasteiger partial charge in [-0.15, -0.1) is 0 Å². The zero-order chi connectivity index (χ0) is 26.6. The van der Waals surface area contributed by atoms with E-state index < -0.39 is 0 Å². The number of allylic oxidation sites excluding steroid dienone is 1. The molecule has 0 atom stereocenters. The monoisotopic (exact) mass is 541 g/mol. The fourth-order valence-corrected chi connectivity index (χ4v) is 6.80. The summed E-state index contributed by atoms with van der Waals surface area (Å²) >= 11 is 1.53. The molecule has 202 valence electrons. The summed E-state index contributed by atoms with van der Waals surface area (Å²) in [4.78, 5) is 39.8. The van der Waals surface area contributed by atoms with Gasteiger partial charge >= 0.3 is 0 Å². The second-order valence-electron chi connectivity index (χ2n) is 10.7. The molecule has 0 radical (unpaired) electrons. The van der Waals surface area contributed by atoms with E-state index in [2.05, 4.69) is 16.4 Å². The normalized spacial score (nSPS) is 16.5. The second kappa shape index (κ2) is 11.8. The molecule has 0 unspecified atom stereocenters. The van der Waals surface area contributed by atoms with E-state index in [-0.39, 0.29) is 17.5 Å². The minimum Gasteiger partial charge on any atom is -0.352 e. The number of hydrogen-bond acceptors (Lipinski definition) is 5. The van der Waals surface area contributed by atoms with E-state index in [9.17, 15) is 9.59 Å². The van der Waals surface area contributed by atoms with Crippen LogP contribution < -0.4 is 10.9 Å². The van der Waals surface area contributed by atoms with Crippen LogP contribution in [-0.2, 0) is 5.75 Å². The zero-order valence-electron chi connectivity index (χ0n) is 22.2. The number of imidazole rings is 1. The molecular formula is C31H35N5O2S. The van der Waals surface area contributed by atoms with Crippen LogP contribution in [0.1, 0.15) is 86.4 Å². The number of H-pyrrole nitrogens is 1. The molecule has 2 N–H and O–H groups in total. The molecule has 2 aliphatic carbocycles. The number of para-hydroxylation sites is 2. The highest BCUT2D eigenvalue weighted by Crippen LogP contribution is 2.32. The molecule has 39 heavy (non-hydrogen) atoms. The van der Waals surface area contributed by atoms with Crippen LogP contribution in [-0.4, -0.2) is 32.0 Å². The predicted molar refractivity (Wildman–Crippen MR) is 157 cm³/mol. The van der Waals surface area contributed by atoms with Crippen molar-refractivity contribution in [3.63, 3.8) is 0 Å². The van der Waals surface area contributed by atoms with Crippen molar-refractivity contribution < 1.29 is 4.79 Å². The first-order chi connectivity index (χ1) is 19.2. The number of nitrogens with one attached hydrogen (secondary N) is 2. The number of rotatable bonds is 8. The molecule has 6 rings (SSSR count).